The molecule has 194 valence electrons. The Labute approximate surface area is 212 Å². The number of hydrogen-bond acceptors (Lipinski definition) is 8. The van der Waals surface area contributed by atoms with E-state index in [0.29, 0.717) is 18.4 Å². The number of halogens is 3. The van der Waals surface area contributed by atoms with E-state index in [9.17, 15) is 13.2 Å². The van der Waals surface area contributed by atoms with Gasteiger partial charge in [0.15, 0.2) is 5.82 Å². The molecule has 6 rings (SSSR count). The highest BCUT2D eigenvalue weighted by molar-refractivity contribution is 7.18. The Kier molecular flexibility index (Phi) is 6.27. The van der Waals surface area contributed by atoms with Gasteiger partial charge in [-0.1, -0.05) is 26.2 Å². The molecule has 8 nitrogen and oxygen atoms in total. The zero-order valence-electron chi connectivity index (χ0n) is 20.5. The van der Waals surface area contributed by atoms with Crippen molar-refractivity contribution in [1.82, 2.24) is 29.6 Å². The lowest BCUT2D eigenvalue weighted by Crippen LogP contribution is -2.50. The molecule has 0 N–H and O–H groups in total. The molecule has 0 amide bonds. The van der Waals surface area contributed by atoms with Crippen LogP contribution in [-0.2, 0) is 25.7 Å². The molecule has 0 radical (unpaired) electrons. The topological polar surface area (TPSA) is 66.2 Å². The van der Waals surface area contributed by atoms with Gasteiger partial charge < -0.3 is 14.4 Å². The maximum atomic E-state index is 13.3. The number of anilines is 2. The van der Waals surface area contributed by atoms with Crippen LogP contribution in [0.2, 0.25) is 0 Å². The Morgan fingerprint density at radius 2 is 1.72 bits per heavy atom. The van der Waals surface area contributed by atoms with Crippen LogP contribution in [0.1, 0.15) is 55.6 Å². The van der Waals surface area contributed by atoms with Gasteiger partial charge in [-0.25, -0.2) is 4.98 Å². The molecular weight excluding hydrogens is 489 g/mol. The summed E-state index contributed by atoms with van der Waals surface area (Å²) in [5.41, 5.74) is 0. The Hall–Kier alpha value is -2.47. The Balaban J connectivity index is 1.30. The summed E-state index contributed by atoms with van der Waals surface area (Å²) in [6, 6.07) is 2.87. The van der Waals surface area contributed by atoms with Crippen LogP contribution < -0.4 is 9.80 Å². The lowest BCUT2D eigenvalue weighted by atomic mass is 10.2. The first-order chi connectivity index (χ1) is 17.4. The second-order valence-electron chi connectivity index (χ2n) is 10.0. The number of hydrogen-bond donors (Lipinski definition) is 0. The Bertz CT molecular complexity index is 1220. The summed E-state index contributed by atoms with van der Waals surface area (Å²) in [5.74, 6) is 0.897. The van der Waals surface area contributed by atoms with Crippen molar-refractivity contribution in [2.24, 2.45) is 0 Å². The maximum absolute atomic E-state index is 13.3. The molecule has 0 aromatic carbocycles. The summed E-state index contributed by atoms with van der Waals surface area (Å²) < 4.78 is 41.2. The number of aryl methyl sites for hydroxylation is 1. The van der Waals surface area contributed by atoms with E-state index in [2.05, 4.69) is 33.0 Å². The van der Waals surface area contributed by atoms with E-state index in [1.807, 2.05) is 4.90 Å². The summed E-state index contributed by atoms with van der Waals surface area (Å²) in [6.07, 6.45) is 2.78. The molecule has 3 aromatic rings. The average molecular weight is 521 g/mol. The van der Waals surface area contributed by atoms with E-state index in [1.165, 1.54) is 35.1 Å². The van der Waals surface area contributed by atoms with Crippen molar-refractivity contribution in [1.29, 1.82) is 0 Å². The molecule has 12 heteroatoms. The van der Waals surface area contributed by atoms with Gasteiger partial charge in [-0.3, -0.25) is 4.90 Å². The second-order valence-corrected chi connectivity index (χ2v) is 11.1. The van der Waals surface area contributed by atoms with Crippen molar-refractivity contribution < 1.29 is 13.2 Å². The standard InChI is InChI=1S/C24H31F3N8S/c1-2-5-17-14-18-20(34-12-13-35-19(15-34)30-31-22(35)24(25,26)27)28-23(29-21(18)36-17)33-10-8-32(9-11-33)16-6-3-4-7-16/h14,16H,2-13,15H2,1H3. The fraction of sp³-hybridized carbons (Fsp3) is 0.667. The third-order valence-electron chi connectivity index (χ3n) is 7.65. The summed E-state index contributed by atoms with van der Waals surface area (Å²) in [5, 5.41) is 8.28. The predicted molar refractivity (Wildman–Crippen MR) is 134 cm³/mol. The fourth-order valence-corrected chi connectivity index (χ4v) is 6.92. The quantitative estimate of drug-likeness (QED) is 0.496. The van der Waals surface area contributed by atoms with Crippen LogP contribution in [0.3, 0.4) is 0 Å². The molecule has 0 atom stereocenters. The molecule has 36 heavy (non-hydrogen) atoms. The maximum Gasteiger partial charge on any atom is 0.451 e. The average Bonchev–Trinajstić information content (AvgIpc) is 3.62. The van der Waals surface area contributed by atoms with E-state index in [4.69, 9.17) is 9.97 Å². The number of thiophene rings is 1. The first kappa shape index (κ1) is 23.9. The molecule has 0 unspecified atom stereocenters. The van der Waals surface area contributed by atoms with E-state index in [0.717, 1.165) is 61.0 Å². The summed E-state index contributed by atoms with van der Waals surface area (Å²) >= 11 is 1.70. The molecule has 1 aliphatic carbocycles. The van der Waals surface area contributed by atoms with Gasteiger partial charge >= 0.3 is 6.18 Å². The minimum absolute atomic E-state index is 0.171. The number of fused-ring (bicyclic) bond motifs is 2. The van der Waals surface area contributed by atoms with Crippen molar-refractivity contribution in [3.8, 4) is 0 Å². The third-order valence-corrected chi connectivity index (χ3v) is 8.74. The highest BCUT2D eigenvalue weighted by atomic mass is 32.1. The highest BCUT2D eigenvalue weighted by Gasteiger charge is 2.40. The van der Waals surface area contributed by atoms with Gasteiger partial charge in [0, 0.05) is 50.2 Å². The molecular formula is C24H31F3N8S. The number of nitrogens with zero attached hydrogens (tertiary/aromatic N) is 8. The molecule has 3 aromatic heterocycles. The summed E-state index contributed by atoms with van der Waals surface area (Å²) in [7, 11) is 0. The van der Waals surface area contributed by atoms with Crippen LogP contribution in [-0.4, -0.2) is 68.4 Å². The minimum atomic E-state index is -4.51. The molecule has 1 saturated heterocycles. The fourth-order valence-electron chi connectivity index (χ4n) is 5.80. The molecule has 2 aliphatic heterocycles. The molecule has 5 heterocycles. The summed E-state index contributed by atoms with van der Waals surface area (Å²) in [4.78, 5) is 19.1. The van der Waals surface area contributed by atoms with Crippen molar-refractivity contribution in [2.45, 2.75) is 70.8 Å². The van der Waals surface area contributed by atoms with E-state index in [1.54, 1.807) is 11.3 Å². The zero-order chi connectivity index (χ0) is 24.9. The minimum Gasteiger partial charge on any atom is -0.347 e. The highest BCUT2D eigenvalue weighted by Crippen LogP contribution is 2.36. The van der Waals surface area contributed by atoms with E-state index >= 15 is 0 Å². The molecule has 1 saturated carbocycles. The first-order valence-corrected chi connectivity index (χ1v) is 13.8. The Morgan fingerprint density at radius 1 is 0.972 bits per heavy atom. The van der Waals surface area contributed by atoms with Crippen molar-refractivity contribution in [3.63, 3.8) is 0 Å². The summed E-state index contributed by atoms with van der Waals surface area (Å²) in [6.45, 7) is 6.78. The van der Waals surface area contributed by atoms with Gasteiger partial charge in [0.05, 0.1) is 11.9 Å². The molecule has 0 bridgehead atoms. The number of alkyl halides is 3. The lowest BCUT2D eigenvalue weighted by molar-refractivity contribution is -0.147. The molecule has 3 aliphatic rings. The Morgan fingerprint density at radius 3 is 2.44 bits per heavy atom. The monoisotopic (exact) mass is 520 g/mol. The van der Waals surface area contributed by atoms with Crippen molar-refractivity contribution >= 4 is 33.3 Å². The SMILES string of the molecule is CCCc1cc2c(N3CCn4c(nnc4C(F)(F)F)C3)nc(N3CCN(C4CCCC4)CC3)nc2s1. The van der Waals surface area contributed by atoms with E-state index in [-0.39, 0.29) is 13.1 Å². The predicted octanol–water partition coefficient (Wildman–Crippen LogP) is 4.34. The lowest BCUT2D eigenvalue weighted by Gasteiger charge is -2.38. The van der Waals surface area contributed by atoms with Gasteiger partial charge in [-0.2, -0.15) is 18.2 Å². The van der Waals surface area contributed by atoms with Gasteiger partial charge in [0.25, 0.3) is 0 Å². The zero-order valence-corrected chi connectivity index (χ0v) is 21.3. The van der Waals surface area contributed by atoms with Gasteiger partial charge in [0.2, 0.25) is 11.8 Å². The molecule has 2 fully saturated rings. The van der Waals surface area contributed by atoms with Crippen molar-refractivity contribution in [3.05, 3.63) is 22.6 Å². The normalized spacial score (nSPS) is 20.0. The third kappa shape index (κ3) is 4.42. The van der Waals surface area contributed by atoms with Crippen molar-refractivity contribution in [2.75, 3.05) is 42.5 Å². The number of aromatic nitrogens is 5. The smallest absolute Gasteiger partial charge is 0.347 e. The van der Waals surface area contributed by atoms with Gasteiger partial charge in [0.1, 0.15) is 10.6 Å². The van der Waals surface area contributed by atoms with Crippen LogP contribution in [0, 0.1) is 0 Å². The van der Waals surface area contributed by atoms with Crippen LogP contribution in [0.4, 0.5) is 24.9 Å². The van der Waals surface area contributed by atoms with Crippen LogP contribution in [0.15, 0.2) is 6.07 Å². The van der Waals surface area contributed by atoms with E-state index < -0.39 is 12.0 Å². The molecule has 0 spiro atoms. The number of piperazine rings is 1. The first-order valence-electron chi connectivity index (χ1n) is 12.9. The van der Waals surface area contributed by atoms with Crippen LogP contribution in [0.5, 0.6) is 0 Å². The number of rotatable bonds is 5. The van der Waals surface area contributed by atoms with Crippen LogP contribution >= 0.6 is 11.3 Å². The van der Waals surface area contributed by atoms with Crippen LogP contribution in [0.25, 0.3) is 10.2 Å². The largest absolute Gasteiger partial charge is 0.451 e. The second kappa shape index (κ2) is 9.44. The van der Waals surface area contributed by atoms with Gasteiger partial charge in [-0.05, 0) is 25.3 Å². The van der Waals surface area contributed by atoms with Gasteiger partial charge in [-0.15, -0.1) is 21.5 Å².